The number of hydrogen-bond acceptors (Lipinski definition) is 5. The van der Waals surface area contributed by atoms with Gasteiger partial charge in [-0.15, -0.1) is 11.3 Å². The Labute approximate surface area is 151 Å². The molecule has 2 N–H and O–H groups in total. The van der Waals surface area contributed by atoms with Gasteiger partial charge in [0.05, 0.1) is 5.39 Å². The number of halogens is 1. The second kappa shape index (κ2) is 8.03. The Morgan fingerprint density at radius 3 is 2.58 bits per heavy atom. The van der Waals surface area contributed by atoms with Gasteiger partial charge in [0.25, 0.3) is 0 Å². The van der Waals surface area contributed by atoms with E-state index < -0.39 is 0 Å². The van der Waals surface area contributed by atoms with Crippen LogP contribution in [0.1, 0.15) is 12.7 Å². The maximum absolute atomic E-state index is 6.21. The van der Waals surface area contributed by atoms with Gasteiger partial charge in [-0.05, 0) is 19.4 Å². The van der Waals surface area contributed by atoms with Crippen molar-refractivity contribution in [3.63, 3.8) is 0 Å². The van der Waals surface area contributed by atoms with Crippen LogP contribution in [0.4, 0.5) is 0 Å². The Morgan fingerprint density at radius 2 is 1.96 bits per heavy atom. The number of aryl methyl sites for hydroxylation is 1. The molecule has 0 bridgehead atoms. The first-order chi connectivity index (χ1) is 11.6. The molecule has 3 aromatic rings. The van der Waals surface area contributed by atoms with Crippen LogP contribution in [-0.2, 0) is 0 Å². The van der Waals surface area contributed by atoms with Gasteiger partial charge in [-0.3, -0.25) is 0 Å². The van der Waals surface area contributed by atoms with Gasteiger partial charge in [0, 0.05) is 36.6 Å². The third-order valence-electron chi connectivity index (χ3n) is 3.83. The maximum Gasteiger partial charge on any atom is 0.142 e. The highest BCUT2D eigenvalue weighted by molar-refractivity contribution is 7.17. The number of fused-ring (bicyclic) bond motifs is 1. The van der Waals surface area contributed by atoms with Gasteiger partial charge in [-0.25, -0.2) is 9.97 Å². The van der Waals surface area contributed by atoms with E-state index in [0.29, 0.717) is 17.0 Å². The molecule has 126 valence electrons. The quantitative estimate of drug-likeness (QED) is 0.646. The number of hydrogen-bond donors (Lipinski definition) is 2. The van der Waals surface area contributed by atoms with Gasteiger partial charge >= 0.3 is 0 Å². The van der Waals surface area contributed by atoms with Crippen LogP contribution < -0.4 is 10.6 Å². The molecule has 4 rings (SSSR count). The van der Waals surface area contributed by atoms with Crippen molar-refractivity contribution in [2.24, 2.45) is 0 Å². The number of benzene rings is 1. The predicted molar refractivity (Wildman–Crippen MR) is 103 cm³/mol. The predicted octanol–water partition coefficient (Wildman–Crippen LogP) is 3.89. The summed E-state index contributed by atoms with van der Waals surface area (Å²) in [4.78, 5) is 9.57. The average Bonchev–Trinajstić information content (AvgIpc) is 3.01. The molecule has 0 amide bonds. The summed E-state index contributed by atoms with van der Waals surface area (Å²) in [7, 11) is 0. The number of aromatic nitrogens is 2. The summed E-state index contributed by atoms with van der Waals surface area (Å²) in [6, 6.07) is 10.8. The molecule has 0 aliphatic carbocycles. The molecule has 24 heavy (non-hydrogen) atoms. The van der Waals surface area contributed by atoms with Crippen LogP contribution in [0, 0.1) is 6.92 Å². The third-order valence-corrected chi connectivity index (χ3v) is 4.98. The summed E-state index contributed by atoms with van der Waals surface area (Å²) in [5.41, 5.74) is 2.25. The zero-order chi connectivity index (χ0) is 16.9. The van der Waals surface area contributed by atoms with E-state index in [1.54, 1.807) is 11.3 Å². The van der Waals surface area contributed by atoms with Crippen LogP contribution in [0.5, 0.6) is 0 Å². The highest BCUT2D eigenvalue weighted by Gasteiger charge is 2.12. The largest absolute Gasteiger partial charge is 0.314 e. The molecule has 1 saturated heterocycles. The number of nitrogens with one attached hydrogen (secondary N) is 2. The third kappa shape index (κ3) is 4.11. The van der Waals surface area contributed by atoms with Crippen molar-refractivity contribution >= 4 is 33.2 Å². The van der Waals surface area contributed by atoms with Crippen LogP contribution in [0.3, 0.4) is 0 Å². The second-order valence-corrected chi connectivity index (χ2v) is 7.03. The molecule has 1 aromatic carbocycles. The van der Waals surface area contributed by atoms with Crippen molar-refractivity contribution in [1.29, 1.82) is 0 Å². The molecule has 4 nitrogen and oxygen atoms in total. The Kier molecular flexibility index (Phi) is 5.79. The molecule has 6 heteroatoms. The molecule has 3 heterocycles. The zero-order valence-electron chi connectivity index (χ0n) is 13.8. The Morgan fingerprint density at radius 1 is 1.17 bits per heavy atom. The highest BCUT2D eigenvalue weighted by atomic mass is 35.5. The molecule has 0 radical (unpaired) electrons. The molecule has 0 unspecified atom stereocenters. The van der Waals surface area contributed by atoms with E-state index >= 15 is 0 Å². The molecule has 1 atom stereocenters. The molecular formula is C18H21ClN4S. The summed E-state index contributed by atoms with van der Waals surface area (Å²) >= 11 is 7.82. The number of piperazine rings is 1. The van der Waals surface area contributed by atoms with Crippen molar-refractivity contribution in [3.05, 3.63) is 46.7 Å². The van der Waals surface area contributed by atoms with E-state index in [4.69, 9.17) is 11.6 Å². The minimum atomic E-state index is 0.535. The van der Waals surface area contributed by atoms with Gasteiger partial charge < -0.3 is 10.6 Å². The summed E-state index contributed by atoms with van der Waals surface area (Å²) in [6.07, 6.45) is 0. The molecule has 0 spiro atoms. The van der Waals surface area contributed by atoms with Crippen LogP contribution >= 0.6 is 22.9 Å². The lowest BCUT2D eigenvalue weighted by Crippen LogP contribution is -2.46. The van der Waals surface area contributed by atoms with Gasteiger partial charge in [-0.2, -0.15) is 0 Å². The molecular weight excluding hydrogens is 340 g/mol. The van der Waals surface area contributed by atoms with Gasteiger partial charge in [0.1, 0.15) is 15.8 Å². The first-order valence-corrected chi connectivity index (χ1v) is 9.32. The Bertz CT molecular complexity index is 797. The van der Waals surface area contributed by atoms with Gasteiger partial charge in [0.15, 0.2) is 0 Å². The van der Waals surface area contributed by atoms with Crippen molar-refractivity contribution in [3.8, 4) is 11.1 Å². The first-order valence-electron chi connectivity index (χ1n) is 8.06. The normalized spacial score (nSPS) is 17.4. The second-order valence-electron chi connectivity index (χ2n) is 5.82. The van der Waals surface area contributed by atoms with Crippen LogP contribution in [0.2, 0.25) is 5.15 Å². The molecule has 1 aliphatic rings. The van der Waals surface area contributed by atoms with E-state index in [1.165, 1.54) is 0 Å². The number of thiophene rings is 1. The minimum Gasteiger partial charge on any atom is -0.314 e. The van der Waals surface area contributed by atoms with Crippen molar-refractivity contribution in [1.82, 2.24) is 20.6 Å². The number of rotatable bonds is 1. The average molecular weight is 361 g/mol. The van der Waals surface area contributed by atoms with E-state index in [1.807, 2.05) is 25.1 Å². The lowest BCUT2D eigenvalue weighted by atomic mass is 10.1. The van der Waals surface area contributed by atoms with Gasteiger partial charge in [0.2, 0.25) is 0 Å². The molecule has 2 aromatic heterocycles. The summed E-state index contributed by atoms with van der Waals surface area (Å²) in [6.45, 7) is 7.42. The zero-order valence-corrected chi connectivity index (χ0v) is 15.4. The lowest BCUT2D eigenvalue weighted by molar-refractivity contribution is 0.442. The SMILES string of the molecule is C[C@@H]1CNCCN1.Cc1nc(Cl)c2c(-c3ccccc3)csc2n1. The molecule has 1 fully saturated rings. The molecule has 0 saturated carbocycles. The van der Waals surface area contributed by atoms with Crippen LogP contribution in [0.15, 0.2) is 35.7 Å². The fraction of sp³-hybridized carbons (Fsp3) is 0.333. The summed E-state index contributed by atoms with van der Waals surface area (Å²) < 4.78 is 0. The fourth-order valence-corrected chi connectivity index (χ4v) is 3.99. The van der Waals surface area contributed by atoms with Gasteiger partial charge in [-0.1, -0.05) is 41.9 Å². The van der Waals surface area contributed by atoms with E-state index in [0.717, 1.165) is 41.0 Å². The Balaban J connectivity index is 0.000000203. The lowest BCUT2D eigenvalue weighted by Gasteiger charge is -2.19. The standard InChI is InChI=1S/C13H9ClN2S.C5H12N2/c1-8-15-12(14)11-10(7-17-13(11)16-8)9-5-3-2-4-6-9;1-5-4-6-2-3-7-5/h2-7H,1H3;5-7H,2-4H2,1H3/t;5-/m.1/s1. The Hall–Kier alpha value is -1.53. The van der Waals surface area contributed by atoms with Crippen LogP contribution in [-0.4, -0.2) is 35.6 Å². The van der Waals surface area contributed by atoms with Crippen molar-refractivity contribution in [2.45, 2.75) is 19.9 Å². The highest BCUT2D eigenvalue weighted by Crippen LogP contribution is 2.36. The summed E-state index contributed by atoms with van der Waals surface area (Å²) in [5, 5.41) is 10.2. The van der Waals surface area contributed by atoms with E-state index in [-0.39, 0.29) is 0 Å². The van der Waals surface area contributed by atoms with Crippen molar-refractivity contribution in [2.75, 3.05) is 19.6 Å². The molecule has 1 aliphatic heterocycles. The maximum atomic E-state index is 6.21. The van der Waals surface area contributed by atoms with E-state index in [9.17, 15) is 0 Å². The smallest absolute Gasteiger partial charge is 0.142 e. The van der Waals surface area contributed by atoms with Crippen LogP contribution in [0.25, 0.3) is 21.3 Å². The topological polar surface area (TPSA) is 49.8 Å². The van der Waals surface area contributed by atoms with Crippen molar-refractivity contribution < 1.29 is 0 Å². The first kappa shape index (κ1) is 17.3. The monoisotopic (exact) mass is 360 g/mol. The minimum absolute atomic E-state index is 0.535. The van der Waals surface area contributed by atoms with E-state index in [2.05, 4.69) is 45.0 Å². The summed E-state index contributed by atoms with van der Waals surface area (Å²) in [5.74, 6) is 0.712. The fourth-order valence-electron chi connectivity index (χ4n) is 2.63. The number of nitrogens with zero attached hydrogens (tertiary/aromatic N) is 2.